The second-order valence-corrected chi connectivity index (χ2v) is 7.83. The summed E-state index contributed by atoms with van der Waals surface area (Å²) in [6, 6.07) is 21.7. The first-order valence-corrected chi connectivity index (χ1v) is 10.6. The summed E-state index contributed by atoms with van der Waals surface area (Å²) in [5.41, 5.74) is 2.44. The number of nitrogens with zero attached hydrogens (tertiary/aromatic N) is 2. The van der Waals surface area contributed by atoms with Crippen molar-refractivity contribution in [3.8, 4) is 0 Å². The number of para-hydroxylation sites is 1. The summed E-state index contributed by atoms with van der Waals surface area (Å²) in [5.74, 6) is -2.04. The van der Waals surface area contributed by atoms with E-state index in [-0.39, 0.29) is 22.6 Å². The maximum absolute atomic E-state index is 13.3. The summed E-state index contributed by atoms with van der Waals surface area (Å²) in [6.45, 7) is 1.27. The van der Waals surface area contributed by atoms with Gasteiger partial charge in [-0.15, -0.1) is 0 Å². The smallest absolute Gasteiger partial charge is 0.338 e. The minimum absolute atomic E-state index is 0.120. The molecule has 2 amide bonds. The normalized spacial score (nSPS) is 12.7. The molecule has 7 heteroatoms. The highest BCUT2D eigenvalue weighted by Crippen LogP contribution is 2.34. The summed E-state index contributed by atoms with van der Waals surface area (Å²) in [4.78, 5) is 56.9. The van der Waals surface area contributed by atoms with Crippen molar-refractivity contribution in [2.24, 2.45) is 0 Å². The highest BCUT2D eigenvalue weighted by Gasteiger charge is 2.40. The van der Waals surface area contributed by atoms with Gasteiger partial charge in [-0.1, -0.05) is 54.6 Å². The predicted molar refractivity (Wildman–Crippen MR) is 125 cm³/mol. The number of benzene rings is 3. The molecule has 0 radical (unpaired) electrons. The lowest BCUT2D eigenvalue weighted by Gasteiger charge is -2.15. The molecule has 34 heavy (non-hydrogen) atoms. The second-order valence-electron chi connectivity index (χ2n) is 7.83. The molecule has 0 N–H and O–H groups in total. The third-order valence-electron chi connectivity index (χ3n) is 5.68. The lowest BCUT2D eigenvalue weighted by Crippen LogP contribution is -2.29. The van der Waals surface area contributed by atoms with E-state index in [4.69, 9.17) is 4.74 Å². The lowest BCUT2D eigenvalue weighted by molar-refractivity contribution is 0.0474. The van der Waals surface area contributed by atoms with Gasteiger partial charge in [0.05, 0.1) is 33.6 Å². The quantitative estimate of drug-likeness (QED) is 0.254. The van der Waals surface area contributed by atoms with Crippen molar-refractivity contribution in [2.45, 2.75) is 6.92 Å². The first-order valence-electron chi connectivity index (χ1n) is 10.6. The van der Waals surface area contributed by atoms with Gasteiger partial charge in [-0.2, -0.15) is 0 Å². The molecule has 0 saturated carbocycles. The number of esters is 1. The van der Waals surface area contributed by atoms with E-state index < -0.39 is 24.4 Å². The van der Waals surface area contributed by atoms with E-state index in [1.807, 2.05) is 6.07 Å². The Kier molecular flexibility index (Phi) is 5.22. The number of rotatable bonds is 5. The number of aryl methyl sites for hydroxylation is 1. The summed E-state index contributed by atoms with van der Waals surface area (Å²) in [7, 11) is 0. The minimum Gasteiger partial charge on any atom is -0.454 e. The van der Waals surface area contributed by atoms with E-state index in [2.05, 4.69) is 4.98 Å². The number of hydrogen-bond donors (Lipinski definition) is 0. The van der Waals surface area contributed by atoms with Crippen molar-refractivity contribution in [1.82, 2.24) is 4.98 Å². The summed E-state index contributed by atoms with van der Waals surface area (Å²) < 4.78 is 5.17. The van der Waals surface area contributed by atoms with Gasteiger partial charge in [0.2, 0.25) is 0 Å². The monoisotopic (exact) mass is 450 g/mol. The average Bonchev–Trinajstić information content (AvgIpc) is 3.13. The van der Waals surface area contributed by atoms with E-state index in [0.29, 0.717) is 27.7 Å². The average molecular weight is 450 g/mol. The van der Waals surface area contributed by atoms with Crippen molar-refractivity contribution in [2.75, 3.05) is 11.5 Å². The molecular formula is C27H18N2O5. The summed E-state index contributed by atoms with van der Waals surface area (Å²) in [5, 5.41) is 0.596. The molecular weight excluding hydrogens is 432 g/mol. The molecule has 5 rings (SSSR count). The predicted octanol–water partition coefficient (Wildman–Crippen LogP) is 4.38. The van der Waals surface area contributed by atoms with E-state index in [9.17, 15) is 19.2 Å². The standard InChI is InChI=1S/C27H18N2O5/c1-16-23-24(20-12-5-6-13-21(20)28-16)26(32)29(25(23)31)19-11-7-10-18(14-19)27(33)34-15-22(30)17-8-3-2-4-9-17/h2-14H,15H2,1H3. The topological polar surface area (TPSA) is 93.6 Å². The number of fused-ring (bicyclic) bond motifs is 3. The van der Waals surface area contributed by atoms with Gasteiger partial charge in [-0.25, -0.2) is 9.69 Å². The van der Waals surface area contributed by atoms with Gasteiger partial charge < -0.3 is 4.74 Å². The number of ether oxygens (including phenoxy) is 1. The third kappa shape index (κ3) is 3.53. The number of carbonyl (C=O) groups excluding carboxylic acids is 4. The van der Waals surface area contributed by atoms with Crippen molar-refractivity contribution in [1.29, 1.82) is 0 Å². The van der Waals surface area contributed by atoms with Gasteiger partial charge in [-0.3, -0.25) is 19.4 Å². The number of pyridine rings is 1. The minimum atomic E-state index is -0.731. The molecule has 0 spiro atoms. The van der Waals surface area contributed by atoms with Crippen LogP contribution in [0.4, 0.5) is 5.69 Å². The highest BCUT2D eigenvalue weighted by atomic mass is 16.5. The number of imide groups is 1. The van der Waals surface area contributed by atoms with E-state index in [1.165, 1.54) is 12.1 Å². The van der Waals surface area contributed by atoms with Crippen LogP contribution in [-0.4, -0.2) is 35.2 Å². The number of amides is 2. The SMILES string of the molecule is Cc1nc2ccccc2c2c1C(=O)N(c1cccc(C(=O)OCC(=O)c3ccccc3)c1)C2=O. The Morgan fingerprint density at radius 2 is 1.50 bits per heavy atom. The molecule has 2 heterocycles. The molecule has 1 aliphatic rings. The van der Waals surface area contributed by atoms with E-state index in [1.54, 1.807) is 67.6 Å². The van der Waals surface area contributed by atoms with Gasteiger partial charge in [-0.05, 0) is 31.2 Å². The van der Waals surface area contributed by atoms with Crippen LogP contribution in [-0.2, 0) is 4.74 Å². The number of ketones is 1. The number of hydrogen-bond acceptors (Lipinski definition) is 6. The number of anilines is 1. The number of Topliss-reactive ketones (excluding diaryl/α,β-unsaturated/α-hetero) is 1. The zero-order chi connectivity index (χ0) is 23.8. The fourth-order valence-electron chi connectivity index (χ4n) is 4.06. The Hall–Kier alpha value is -4.65. The fourth-order valence-corrected chi connectivity index (χ4v) is 4.06. The number of aromatic nitrogens is 1. The highest BCUT2D eigenvalue weighted by molar-refractivity contribution is 6.37. The van der Waals surface area contributed by atoms with Crippen LogP contribution in [0.25, 0.3) is 10.9 Å². The molecule has 3 aromatic carbocycles. The molecule has 1 aromatic heterocycles. The van der Waals surface area contributed by atoms with Crippen LogP contribution in [0.5, 0.6) is 0 Å². The van der Waals surface area contributed by atoms with Crippen molar-refractivity contribution in [3.63, 3.8) is 0 Å². The molecule has 0 bridgehead atoms. The zero-order valence-electron chi connectivity index (χ0n) is 18.1. The molecule has 0 fully saturated rings. The first-order chi connectivity index (χ1) is 16.5. The molecule has 0 aliphatic carbocycles. The molecule has 4 aromatic rings. The van der Waals surface area contributed by atoms with Crippen LogP contribution in [0.15, 0.2) is 78.9 Å². The van der Waals surface area contributed by atoms with Crippen LogP contribution in [0.2, 0.25) is 0 Å². The molecule has 0 unspecified atom stereocenters. The Morgan fingerprint density at radius 3 is 2.29 bits per heavy atom. The Bertz CT molecular complexity index is 1490. The van der Waals surface area contributed by atoms with Gasteiger partial charge in [0.1, 0.15) is 0 Å². The lowest BCUT2D eigenvalue weighted by atomic mass is 10.0. The second kappa shape index (κ2) is 8.37. The van der Waals surface area contributed by atoms with Gasteiger partial charge in [0.15, 0.2) is 12.4 Å². The summed E-state index contributed by atoms with van der Waals surface area (Å²) in [6.07, 6.45) is 0. The molecule has 7 nitrogen and oxygen atoms in total. The van der Waals surface area contributed by atoms with Crippen LogP contribution in [0, 0.1) is 6.92 Å². The Morgan fingerprint density at radius 1 is 0.824 bits per heavy atom. The van der Waals surface area contributed by atoms with Crippen LogP contribution >= 0.6 is 0 Å². The van der Waals surface area contributed by atoms with Crippen LogP contribution in [0.1, 0.15) is 47.1 Å². The number of carbonyl (C=O) groups is 4. The molecule has 0 atom stereocenters. The fraction of sp³-hybridized carbons (Fsp3) is 0.0741. The molecule has 166 valence electrons. The zero-order valence-corrected chi connectivity index (χ0v) is 18.1. The van der Waals surface area contributed by atoms with Crippen LogP contribution in [0.3, 0.4) is 0 Å². The Labute approximate surface area is 194 Å². The van der Waals surface area contributed by atoms with E-state index >= 15 is 0 Å². The maximum Gasteiger partial charge on any atom is 0.338 e. The molecule has 0 saturated heterocycles. The van der Waals surface area contributed by atoms with Gasteiger partial charge in [0, 0.05) is 10.9 Å². The largest absolute Gasteiger partial charge is 0.454 e. The van der Waals surface area contributed by atoms with Gasteiger partial charge in [0.25, 0.3) is 11.8 Å². The van der Waals surface area contributed by atoms with Gasteiger partial charge >= 0.3 is 5.97 Å². The Balaban J connectivity index is 1.42. The first kappa shape index (κ1) is 21.2. The van der Waals surface area contributed by atoms with Crippen molar-refractivity contribution < 1.29 is 23.9 Å². The third-order valence-corrected chi connectivity index (χ3v) is 5.68. The summed E-state index contributed by atoms with van der Waals surface area (Å²) >= 11 is 0. The van der Waals surface area contributed by atoms with Crippen molar-refractivity contribution in [3.05, 3.63) is 107 Å². The molecule has 1 aliphatic heterocycles. The van der Waals surface area contributed by atoms with Crippen molar-refractivity contribution >= 4 is 40.2 Å². The van der Waals surface area contributed by atoms with E-state index in [0.717, 1.165) is 4.90 Å². The maximum atomic E-state index is 13.3. The van der Waals surface area contributed by atoms with Crippen LogP contribution < -0.4 is 4.90 Å².